The van der Waals surface area contributed by atoms with E-state index in [0.717, 1.165) is 6.42 Å². The zero-order valence-corrected chi connectivity index (χ0v) is 10.4. The number of halogens is 1. The molecule has 3 heteroatoms. The summed E-state index contributed by atoms with van der Waals surface area (Å²) in [6, 6.07) is 8.07. The Morgan fingerprint density at radius 1 is 1.50 bits per heavy atom. The molecule has 0 saturated heterocycles. The van der Waals surface area contributed by atoms with Crippen LogP contribution in [0.3, 0.4) is 0 Å². The Kier molecular flexibility index (Phi) is 4.38. The van der Waals surface area contributed by atoms with Crippen molar-refractivity contribution in [2.24, 2.45) is 5.92 Å². The zero-order valence-electron chi connectivity index (χ0n) is 8.29. The summed E-state index contributed by atoms with van der Waals surface area (Å²) in [4.78, 5) is 11.2. The minimum absolute atomic E-state index is 0.0732. The highest BCUT2D eigenvalue weighted by molar-refractivity contribution is 14.1. The minimum Gasteiger partial charge on any atom is -0.469 e. The Hall–Kier alpha value is -0.580. The van der Waals surface area contributed by atoms with Crippen molar-refractivity contribution in [2.45, 2.75) is 13.3 Å². The van der Waals surface area contributed by atoms with Gasteiger partial charge in [0, 0.05) is 3.57 Å². The van der Waals surface area contributed by atoms with Crippen LogP contribution in [0, 0.1) is 9.49 Å². The number of esters is 1. The molecule has 0 radical (unpaired) electrons. The largest absolute Gasteiger partial charge is 0.469 e. The van der Waals surface area contributed by atoms with Crippen molar-refractivity contribution in [1.82, 2.24) is 0 Å². The molecule has 1 rings (SSSR count). The van der Waals surface area contributed by atoms with Gasteiger partial charge in [0.15, 0.2) is 0 Å². The van der Waals surface area contributed by atoms with Gasteiger partial charge in [0.1, 0.15) is 0 Å². The zero-order chi connectivity index (χ0) is 10.6. The minimum atomic E-state index is -0.148. The summed E-state index contributed by atoms with van der Waals surface area (Å²) in [5.41, 5.74) is 1.20. The van der Waals surface area contributed by atoms with Crippen LogP contribution in [0.4, 0.5) is 0 Å². The van der Waals surface area contributed by atoms with Gasteiger partial charge < -0.3 is 4.74 Å². The van der Waals surface area contributed by atoms with E-state index in [-0.39, 0.29) is 11.9 Å². The van der Waals surface area contributed by atoms with E-state index in [1.165, 1.54) is 16.2 Å². The first-order valence-electron chi connectivity index (χ1n) is 4.46. The third-order valence-electron chi connectivity index (χ3n) is 2.09. The molecule has 0 heterocycles. The molecule has 76 valence electrons. The predicted molar refractivity (Wildman–Crippen MR) is 64.0 cm³/mol. The van der Waals surface area contributed by atoms with Crippen LogP contribution in [0.5, 0.6) is 0 Å². The van der Waals surface area contributed by atoms with E-state index in [4.69, 9.17) is 0 Å². The Bertz CT molecular complexity index is 323. The summed E-state index contributed by atoms with van der Waals surface area (Å²) >= 11 is 2.28. The highest BCUT2D eigenvalue weighted by atomic mass is 127. The van der Waals surface area contributed by atoms with Crippen molar-refractivity contribution >= 4 is 28.6 Å². The molecule has 0 amide bonds. The smallest absolute Gasteiger partial charge is 0.308 e. The summed E-state index contributed by atoms with van der Waals surface area (Å²) in [7, 11) is 1.43. The Morgan fingerprint density at radius 2 is 2.14 bits per heavy atom. The molecule has 0 bridgehead atoms. The lowest BCUT2D eigenvalue weighted by molar-refractivity contribution is -0.144. The molecule has 0 unspecified atom stereocenters. The Labute approximate surface area is 97.8 Å². The average molecular weight is 304 g/mol. The number of methoxy groups -OCH3 is 1. The maximum absolute atomic E-state index is 11.2. The second kappa shape index (κ2) is 5.34. The molecule has 0 aliphatic heterocycles. The van der Waals surface area contributed by atoms with Gasteiger partial charge in [0.25, 0.3) is 0 Å². The molecule has 1 aromatic rings. The average Bonchev–Trinajstić information content (AvgIpc) is 2.20. The fourth-order valence-corrected chi connectivity index (χ4v) is 1.89. The summed E-state index contributed by atoms with van der Waals surface area (Å²) < 4.78 is 5.88. The number of rotatable bonds is 3. The molecule has 0 aromatic heterocycles. The van der Waals surface area contributed by atoms with Crippen LogP contribution < -0.4 is 0 Å². The fourth-order valence-electron chi connectivity index (χ4n) is 1.28. The van der Waals surface area contributed by atoms with E-state index in [1.54, 1.807) is 0 Å². The van der Waals surface area contributed by atoms with Crippen LogP contribution in [-0.2, 0) is 16.0 Å². The van der Waals surface area contributed by atoms with Gasteiger partial charge in [-0.05, 0) is 40.6 Å². The van der Waals surface area contributed by atoms with Crippen molar-refractivity contribution in [2.75, 3.05) is 7.11 Å². The van der Waals surface area contributed by atoms with E-state index >= 15 is 0 Å². The SMILES string of the molecule is COC(=O)[C@@H](C)Cc1ccccc1I. The summed E-state index contributed by atoms with van der Waals surface area (Å²) in [5, 5.41) is 0. The first-order valence-corrected chi connectivity index (χ1v) is 5.54. The molecule has 14 heavy (non-hydrogen) atoms. The van der Waals surface area contributed by atoms with Gasteiger partial charge in [-0.15, -0.1) is 0 Å². The highest BCUT2D eigenvalue weighted by Crippen LogP contribution is 2.16. The molecule has 0 saturated carbocycles. The first-order chi connectivity index (χ1) is 6.65. The fraction of sp³-hybridized carbons (Fsp3) is 0.364. The molecule has 0 aliphatic carbocycles. The topological polar surface area (TPSA) is 26.3 Å². The number of hydrogen-bond donors (Lipinski definition) is 0. The van der Waals surface area contributed by atoms with Gasteiger partial charge >= 0.3 is 5.97 Å². The normalized spacial score (nSPS) is 12.2. The van der Waals surface area contributed by atoms with Crippen LogP contribution in [0.2, 0.25) is 0 Å². The Balaban J connectivity index is 2.69. The van der Waals surface area contributed by atoms with Gasteiger partial charge in [-0.25, -0.2) is 0 Å². The maximum atomic E-state index is 11.2. The lowest BCUT2D eigenvalue weighted by atomic mass is 10.0. The van der Waals surface area contributed by atoms with Crippen LogP contribution in [0.25, 0.3) is 0 Å². The Morgan fingerprint density at radius 3 is 2.71 bits per heavy atom. The van der Waals surface area contributed by atoms with Crippen LogP contribution >= 0.6 is 22.6 Å². The van der Waals surface area contributed by atoms with Gasteiger partial charge in [-0.2, -0.15) is 0 Å². The maximum Gasteiger partial charge on any atom is 0.308 e. The lowest BCUT2D eigenvalue weighted by Crippen LogP contribution is -2.15. The molecular weight excluding hydrogens is 291 g/mol. The predicted octanol–water partition coefficient (Wildman–Crippen LogP) is 2.64. The lowest BCUT2D eigenvalue weighted by Gasteiger charge is -2.09. The molecule has 1 aromatic carbocycles. The molecular formula is C11H13IO2. The molecule has 0 aliphatic rings. The molecule has 1 atom stereocenters. The third kappa shape index (κ3) is 2.97. The number of ether oxygens (including phenoxy) is 1. The van der Waals surface area contributed by atoms with E-state index < -0.39 is 0 Å². The third-order valence-corrected chi connectivity index (χ3v) is 3.14. The van der Waals surface area contributed by atoms with Gasteiger partial charge in [-0.3, -0.25) is 4.79 Å². The molecule has 2 nitrogen and oxygen atoms in total. The number of benzene rings is 1. The van der Waals surface area contributed by atoms with Crippen LogP contribution in [-0.4, -0.2) is 13.1 Å². The molecule has 0 spiro atoms. The highest BCUT2D eigenvalue weighted by Gasteiger charge is 2.14. The van der Waals surface area contributed by atoms with Gasteiger partial charge in [0.2, 0.25) is 0 Å². The van der Waals surface area contributed by atoms with Crippen LogP contribution in [0.15, 0.2) is 24.3 Å². The molecule has 0 fully saturated rings. The summed E-state index contributed by atoms with van der Waals surface area (Å²) in [6.45, 7) is 1.88. The number of hydrogen-bond acceptors (Lipinski definition) is 2. The van der Waals surface area contributed by atoms with Crippen molar-refractivity contribution < 1.29 is 9.53 Å². The van der Waals surface area contributed by atoms with E-state index in [2.05, 4.69) is 27.3 Å². The van der Waals surface area contributed by atoms with E-state index in [0.29, 0.717) is 0 Å². The number of carbonyl (C=O) groups is 1. The standard InChI is InChI=1S/C11H13IO2/c1-8(11(13)14-2)7-9-5-3-4-6-10(9)12/h3-6,8H,7H2,1-2H3/t8-/m0/s1. The number of carbonyl (C=O) groups excluding carboxylic acids is 1. The second-order valence-electron chi connectivity index (χ2n) is 3.22. The van der Waals surface area contributed by atoms with Crippen molar-refractivity contribution in [3.63, 3.8) is 0 Å². The van der Waals surface area contributed by atoms with Gasteiger partial charge in [-0.1, -0.05) is 25.1 Å². The van der Waals surface area contributed by atoms with E-state index in [9.17, 15) is 4.79 Å². The molecule has 0 N–H and O–H groups in total. The van der Waals surface area contributed by atoms with Crippen LogP contribution in [0.1, 0.15) is 12.5 Å². The van der Waals surface area contributed by atoms with Gasteiger partial charge in [0.05, 0.1) is 13.0 Å². The first kappa shape index (κ1) is 11.5. The van der Waals surface area contributed by atoms with Crippen molar-refractivity contribution in [1.29, 1.82) is 0 Å². The second-order valence-corrected chi connectivity index (χ2v) is 4.38. The summed E-state index contributed by atoms with van der Waals surface area (Å²) in [6.07, 6.45) is 0.742. The summed E-state index contributed by atoms with van der Waals surface area (Å²) in [5.74, 6) is -0.222. The monoisotopic (exact) mass is 304 g/mol. The van der Waals surface area contributed by atoms with Crippen molar-refractivity contribution in [3.05, 3.63) is 33.4 Å². The van der Waals surface area contributed by atoms with E-state index in [1.807, 2.05) is 31.2 Å². The quantitative estimate of drug-likeness (QED) is 0.634. The van der Waals surface area contributed by atoms with Crippen molar-refractivity contribution in [3.8, 4) is 0 Å².